The second-order valence-electron chi connectivity index (χ2n) is 7.03. The first-order chi connectivity index (χ1) is 12.1. The number of aryl methyl sites for hydroxylation is 2. The summed E-state index contributed by atoms with van der Waals surface area (Å²) in [6.45, 7) is 5.71. The molecule has 2 aliphatic rings. The molecule has 25 heavy (non-hydrogen) atoms. The molecule has 0 unspecified atom stereocenters. The Bertz CT molecular complexity index is 756. The number of carbonyl (C=O) groups excluding carboxylic acids is 1. The summed E-state index contributed by atoms with van der Waals surface area (Å²) in [5, 5.41) is 6.92. The Kier molecular flexibility index (Phi) is 4.15. The van der Waals surface area contributed by atoms with Crippen LogP contribution in [0.3, 0.4) is 0 Å². The minimum absolute atomic E-state index is 0.0971. The number of rotatable bonds is 4. The van der Waals surface area contributed by atoms with E-state index < -0.39 is 0 Å². The van der Waals surface area contributed by atoms with Gasteiger partial charge in [-0.1, -0.05) is 5.16 Å². The Labute approximate surface area is 146 Å². The van der Waals surface area contributed by atoms with Crippen molar-refractivity contribution in [2.24, 2.45) is 0 Å². The molecule has 0 bridgehead atoms. The maximum Gasteiger partial charge on any atom is 0.257 e. The molecule has 0 aromatic carbocycles. The first kappa shape index (κ1) is 16.1. The fourth-order valence-corrected chi connectivity index (χ4v) is 3.75. The first-order valence-electron chi connectivity index (χ1n) is 8.92. The van der Waals surface area contributed by atoms with Crippen LogP contribution >= 0.6 is 0 Å². The van der Waals surface area contributed by atoms with Crippen LogP contribution in [-0.4, -0.2) is 40.2 Å². The van der Waals surface area contributed by atoms with Crippen molar-refractivity contribution in [3.05, 3.63) is 35.1 Å². The van der Waals surface area contributed by atoms with Crippen molar-refractivity contribution in [3.8, 4) is 0 Å². The Morgan fingerprint density at radius 1 is 1.24 bits per heavy atom. The van der Waals surface area contributed by atoms with Crippen LogP contribution in [0.4, 0.5) is 5.82 Å². The quantitative estimate of drug-likeness (QED) is 0.919. The van der Waals surface area contributed by atoms with E-state index in [1.807, 2.05) is 0 Å². The van der Waals surface area contributed by atoms with Crippen molar-refractivity contribution in [1.29, 1.82) is 0 Å². The molecule has 1 saturated heterocycles. The number of nitrogens with zero attached hydrogens (tertiary/aromatic N) is 4. The van der Waals surface area contributed by atoms with Crippen LogP contribution < -0.4 is 10.2 Å². The van der Waals surface area contributed by atoms with E-state index in [0.717, 1.165) is 37.4 Å². The van der Waals surface area contributed by atoms with Crippen LogP contribution in [0.2, 0.25) is 0 Å². The number of hydrogen-bond donors (Lipinski definition) is 1. The van der Waals surface area contributed by atoms with Gasteiger partial charge in [0.1, 0.15) is 23.5 Å². The van der Waals surface area contributed by atoms with E-state index in [9.17, 15) is 4.79 Å². The highest BCUT2D eigenvalue weighted by Crippen LogP contribution is 2.37. The smallest absolute Gasteiger partial charge is 0.257 e. The topological polar surface area (TPSA) is 84.2 Å². The second-order valence-corrected chi connectivity index (χ2v) is 7.03. The third-order valence-corrected chi connectivity index (χ3v) is 5.26. The molecule has 7 nitrogen and oxygen atoms in total. The highest BCUT2D eigenvalue weighted by molar-refractivity contribution is 5.96. The molecule has 1 saturated carbocycles. The Morgan fingerprint density at radius 3 is 2.68 bits per heavy atom. The Balaban J connectivity index is 1.36. The number of carbonyl (C=O) groups is 1. The Hall–Kier alpha value is -2.44. The third-order valence-electron chi connectivity index (χ3n) is 5.26. The summed E-state index contributed by atoms with van der Waals surface area (Å²) in [4.78, 5) is 23.6. The normalized spacial score (nSPS) is 22.7. The molecule has 2 aromatic heterocycles. The van der Waals surface area contributed by atoms with E-state index in [-0.39, 0.29) is 11.9 Å². The first-order valence-corrected chi connectivity index (χ1v) is 8.92. The van der Waals surface area contributed by atoms with Gasteiger partial charge in [0.15, 0.2) is 0 Å². The molecule has 0 radical (unpaired) electrons. The molecular formula is C18H23N5O2. The minimum Gasteiger partial charge on any atom is -0.361 e. The zero-order valence-corrected chi connectivity index (χ0v) is 14.7. The van der Waals surface area contributed by atoms with E-state index in [0.29, 0.717) is 22.9 Å². The van der Waals surface area contributed by atoms with Crippen molar-refractivity contribution >= 4 is 11.7 Å². The highest BCUT2D eigenvalue weighted by Gasteiger charge is 2.34. The average Bonchev–Trinajstić information content (AvgIpc) is 3.21. The lowest BCUT2D eigenvalue weighted by atomic mass is 9.78. The largest absolute Gasteiger partial charge is 0.361 e. The van der Waals surface area contributed by atoms with Crippen LogP contribution in [-0.2, 0) is 0 Å². The van der Waals surface area contributed by atoms with Crippen molar-refractivity contribution in [3.63, 3.8) is 0 Å². The lowest BCUT2D eigenvalue weighted by molar-refractivity contribution is 0.0906. The van der Waals surface area contributed by atoms with Gasteiger partial charge in [-0.05, 0) is 39.5 Å². The predicted octanol–water partition coefficient (Wildman–Crippen LogP) is 2.36. The minimum atomic E-state index is -0.0971. The Morgan fingerprint density at radius 2 is 2.00 bits per heavy atom. The summed E-state index contributed by atoms with van der Waals surface area (Å²) in [5.74, 6) is 1.89. The summed E-state index contributed by atoms with van der Waals surface area (Å²) in [5.41, 5.74) is 2.28. The molecule has 2 aromatic rings. The van der Waals surface area contributed by atoms with E-state index in [2.05, 4.69) is 31.4 Å². The zero-order chi connectivity index (χ0) is 17.4. The average molecular weight is 341 g/mol. The fourth-order valence-electron chi connectivity index (χ4n) is 3.75. The lowest BCUT2D eigenvalue weighted by Crippen LogP contribution is -2.43. The van der Waals surface area contributed by atoms with Crippen LogP contribution in [0, 0.1) is 13.8 Å². The van der Waals surface area contributed by atoms with Gasteiger partial charge in [-0.2, -0.15) is 0 Å². The van der Waals surface area contributed by atoms with Gasteiger partial charge < -0.3 is 14.7 Å². The second kappa shape index (κ2) is 6.46. The summed E-state index contributed by atoms with van der Waals surface area (Å²) in [6.07, 6.45) is 5.95. The van der Waals surface area contributed by atoms with Gasteiger partial charge in [-0.25, -0.2) is 9.97 Å². The van der Waals surface area contributed by atoms with E-state index in [1.165, 1.54) is 12.8 Å². The fraction of sp³-hybridized carbons (Fsp3) is 0.556. The summed E-state index contributed by atoms with van der Waals surface area (Å²) < 4.78 is 5.07. The van der Waals surface area contributed by atoms with Crippen molar-refractivity contribution < 1.29 is 9.32 Å². The molecule has 2 fully saturated rings. The molecule has 1 aliphatic carbocycles. The van der Waals surface area contributed by atoms with Crippen LogP contribution in [0.1, 0.15) is 59.1 Å². The summed E-state index contributed by atoms with van der Waals surface area (Å²) in [6, 6.07) is 2.29. The van der Waals surface area contributed by atoms with Crippen molar-refractivity contribution in [1.82, 2.24) is 20.4 Å². The predicted molar refractivity (Wildman–Crippen MR) is 92.7 cm³/mol. The van der Waals surface area contributed by atoms with Crippen molar-refractivity contribution in [2.45, 2.75) is 51.5 Å². The van der Waals surface area contributed by atoms with Crippen molar-refractivity contribution in [2.75, 3.05) is 18.0 Å². The molecule has 1 aliphatic heterocycles. The van der Waals surface area contributed by atoms with Gasteiger partial charge in [-0.3, -0.25) is 4.79 Å². The zero-order valence-electron chi connectivity index (χ0n) is 14.7. The van der Waals surface area contributed by atoms with E-state index in [4.69, 9.17) is 4.52 Å². The number of amides is 1. The highest BCUT2D eigenvalue weighted by atomic mass is 16.5. The summed E-state index contributed by atoms with van der Waals surface area (Å²) in [7, 11) is 0. The van der Waals surface area contributed by atoms with Crippen LogP contribution in [0.5, 0.6) is 0 Å². The van der Waals surface area contributed by atoms with Gasteiger partial charge in [0, 0.05) is 36.8 Å². The maximum atomic E-state index is 12.4. The molecule has 1 amide bonds. The van der Waals surface area contributed by atoms with E-state index >= 15 is 0 Å². The number of nitrogens with one attached hydrogen (secondary N) is 1. The van der Waals surface area contributed by atoms with Gasteiger partial charge in [0.05, 0.1) is 5.69 Å². The van der Waals surface area contributed by atoms with Crippen LogP contribution in [0.25, 0.3) is 0 Å². The maximum absolute atomic E-state index is 12.4. The number of hydrogen-bond acceptors (Lipinski definition) is 6. The molecule has 1 N–H and O–H groups in total. The molecule has 132 valence electrons. The van der Waals surface area contributed by atoms with Gasteiger partial charge in [0.2, 0.25) is 0 Å². The molecule has 7 heteroatoms. The van der Waals surface area contributed by atoms with Gasteiger partial charge >= 0.3 is 0 Å². The SMILES string of the molecule is Cc1noc(C)c1C(=O)NC1CC(c2cc(N3CCCC3)ncn2)C1. The molecular weight excluding hydrogens is 318 g/mol. The molecule has 4 rings (SSSR count). The number of anilines is 1. The third kappa shape index (κ3) is 3.10. The van der Waals surface area contributed by atoms with E-state index in [1.54, 1.807) is 20.2 Å². The lowest BCUT2D eigenvalue weighted by Gasteiger charge is -2.35. The van der Waals surface area contributed by atoms with Gasteiger partial charge in [-0.15, -0.1) is 0 Å². The molecule has 3 heterocycles. The molecule has 0 atom stereocenters. The monoisotopic (exact) mass is 341 g/mol. The van der Waals surface area contributed by atoms with Crippen LogP contribution in [0.15, 0.2) is 16.9 Å². The van der Waals surface area contributed by atoms with Gasteiger partial charge in [0.25, 0.3) is 5.91 Å². The molecule has 0 spiro atoms. The standard InChI is InChI=1S/C18H23N5O2/c1-11-17(12(2)25-22-11)18(24)21-14-7-13(8-14)15-9-16(20-10-19-15)23-5-3-4-6-23/h9-10,13-14H,3-8H2,1-2H3,(H,21,24). The number of aromatic nitrogens is 3. The summed E-state index contributed by atoms with van der Waals surface area (Å²) >= 11 is 0.